The molecule has 1 aliphatic rings. The molecule has 0 spiro atoms. The topological polar surface area (TPSA) is 99.5 Å². The molecule has 1 aliphatic heterocycles. The Balaban J connectivity index is 1.68. The summed E-state index contributed by atoms with van der Waals surface area (Å²) in [6, 6.07) is 15.3. The normalized spacial score (nSPS) is 18.5. The van der Waals surface area contributed by atoms with E-state index in [-0.39, 0.29) is 6.61 Å². The second-order valence-corrected chi connectivity index (χ2v) is 6.74. The summed E-state index contributed by atoms with van der Waals surface area (Å²) in [5.74, 6) is -1.25. The van der Waals surface area contributed by atoms with Gasteiger partial charge in [0.25, 0.3) is 5.91 Å². The van der Waals surface area contributed by atoms with Gasteiger partial charge in [-0.2, -0.15) is 5.26 Å². The number of carbonyl (C=O) groups is 3. The molecule has 142 valence electrons. The Morgan fingerprint density at radius 1 is 1.18 bits per heavy atom. The molecule has 28 heavy (non-hydrogen) atoms. The molecule has 0 bridgehead atoms. The fourth-order valence-electron chi connectivity index (χ4n) is 3.01. The van der Waals surface area contributed by atoms with Crippen molar-refractivity contribution in [1.82, 2.24) is 10.2 Å². The molecule has 2 aromatic carbocycles. The molecule has 0 radical (unpaired) electrons. The van der Waals surface area contributed by atoms with Gasteiger partial charge in [-0.25, -0.2) is 4.79 Å². The van der Waals surface area contributed by atoms with Gasteiger partial charge >= 0.3 is 12.0 Å². The van der Waals surface area contributed by atoms with Gasteiger partial charge in [0.1, 0.15) is 18.7 Å². The Morgan fingerprint density at radius 2 is 1.86 bits per heavy atom. The summed E-state index contributed by atoms with van der Waals surface area (Å²) in [6.07, 6.45) is 0. The fourth-order valence-corrected chi connectivity index (χ4v) is 3.01. The smallest absolute Gasteiger partial charge is 0.326 e. The molecule has 3 amide bonds. The van der Waals surface area contributed by atoms with Gasteiger partial charge in [0.2, 0.25) is 0 Å². The van der Waals surface area contributed by atoms with Crippen LogP contribution in [0.2, 0.25) is 0 Å². The van der Waals surface area contributed by atoms with Crippen molar-refractivity contribution < 1.29 is 19.1 Å². The van der Waals surface area contributed by atoms with Crippen molar-refractivity contribution >= 4 is 17.9 Å². The van der Waals surface area contributed by atoms with Crippen LogP contribution in [0.3, 0.4) is 0 Å². The molecular formula is C21H19N3O4. The van der Waals surface area contributed by atoms with Crippen LogP contribution in [0.4, 0.5) is 4.79 Å². The van der Waals surface area contributed by atoms with Crippen molar-refractivity contribution in [3.63, 3.8) is 0 Å². The fraction of sp³-hybridized carbons (Fsp3) is 0.238. The first-order valence-electron chi connectivity index (χ1n) is 8.70. The lowest BCUT2D eigenvalue weighted by molar-refractivity contribution is -0.148. The van der Waals surface area contributed by atoms with Crippen molar-refractivity contribution in [2.24, 2.45) is 0 Å². The largest absolute Gasteiger partial charge is 0.459 e. The third-order valence-electron chi connectivity index (χ3n) is 4.72. The molecular weight excluding hydrogens is 358 g/mol. The van der Waals surface area contributed by atoms with E-state index in [0.29, 0.717) is 16.7 Å². The number of imide groups is 1. The van der Waals surface area contributed by atoms with Gasteiger partial charge in [-0.05, 0) is 25.5 Å². The summed E-state index contributed by atoms with van der Waals surface area (Å²) in [5, 5.41) is 11.7. The first kappa shape index (κ1) is 19.1. The predicted octanol–water partition coefficient (Wildman–Crippen LogP) is 2.38. The van der Waals surface area contributed by atoms with E-state index in [0.717, 1.165) is 10.5 Å². The van der Waals surface area contributed by atoms with E-state index in [4.69, 9.17) is 10.00 Å². The Labute approximate surface area is 162 Å². The minimum atomic E-state index is -1.24. The summed E-state index contributed by atoms with van der Waals surface area (Å²) in [5.41, 5.74) is 1.38. The third-order valence-corrected chi connectivity index (χ3v) is 4.72. The number of benzene rings is 2. The Bertz CT molecular complexity index is 978. The van der Waals surface area contributed by atoms with Crippen molar-refractivity contribution in [1.29, 1.82) is 5.26 Å². The maximum Gasteiger partial charge on any atom is 0.326 e. The number of hydrogen-bond acceptors (Lipinski definition) is 5. The van der Waals surface area contributed by atoms with E-state index in [2.05, 4.69) is 5.32 Å². The zero-order valence-corrected chi connectivity index (χ0v) is 15.6. The molecule has 3 rings (SSSR count). The molecule has 1 heterocycles. The summed E-state index contributed by atoms with van der Waals surface area (Å²) in [6.45, 7) is 2.92. The molecule has 0 aromatic heterocycles. The monoisotopic (exact) mass is 377 g/mol. The molecule has 1 fully saturated rings. The number of urea groups is 1. The molecule has 1 saturated heterocycles. The van der Waals surface area contributed by atoms with E-state index in [9.17, 15) is 14.4 Å². The molecule has 0 unspecified atom stereocenters. The lowest BCUT2D eigenvalue weighted by atomic mass is 9.91. The highest BCUT2D eigenvalue weighted by molar-refractivity contribution is 6.08. The summed E-state index contributed by atoms with van der Waals surface area (Å²) in [7, 11) is 0. The highest BCUT2D eigenvalue weighted by Crippen LogP contribution is 2.29. The summed E-state index contributed by atoms with van der Waals surface area (Å²) >= 11 is 0. The van der Waals surface area contributed by atoms with Crippen LogP contribution in [0.1, 0.15) is 29.2 Å². The maximum absolute atomic E-state index is 12.8. The molecule has 1 N–H and O–H groups in total. The Hall–Kier alpha value is -3.66. The molecule has 7 heteroatoms. The number of esters is 1. The number of hydrogen-bond donors (Lipinski definition) is 1. The van der Waals surface area contributed by atoms with Gasteiger partial charge in [-0.1, -0.05) is 48.0 Å². The van der Waals surface area contributed by atoms with Crippen molar-refractivity contribution in [2.45, 2.75) is 26.0 Å². The molecule has 2 aromatic rings. The average Bonchev–Trinajstić information content (AvgIpc) is 2.91. The molecule has 0 saturated carbocycles. The quantitative estimate of drug-likeness (QED) is 0.637. The SMILES string of the molecule is Cc1ccc([C@]2(C)NC(=O)N(CC(=O)OCc3ccccc3C#N)C2=O)cc1. The minimum Gasteiger partial charge on any atom is -0.459 e. The number of ether oxygens (including phenoxy) is 1. The first-order chi connectivity index (χ1) is 13.3. The number of nitrogens with zero attached hydrogens (tertiary/aromatic N) is 2. The highest BCUT2D eigenvalue weighted by Gasteiger charge is 2.49. The number of nitrogens with one attached hydrogen (secondary N) is 1. The zero-order valence-electron chi connectivity index (χ0n) is 15.6. The van der Waals surface area contributed by atoms with Crippen LogP contribution in [0.15, 0.2) is 48.5 Å². The van der Waals surface area contributed by atoms with Crippen molar-refractivity contribution in [2.75, 3.05) is 6.54 Å². The van der Waals surface area contributed by atoms with Gasteiger partial charge in [0.05, 0.1) is 11.6 Å². The number of rotatable bonds is 5. The van der Waals surface area contributed by atoms with E-state index < -0.39 is 30.0 Å². The number of carbonyl (C=O) groups excluding carboxylic acids is 3. The zero-order chi connectivity index (χ0) is 20.3. The van der Waals surface area contributed by atoms with Crippen LogP contribution in [-0.4, -0.2) is 29.4 Å². The van der Waals surface area contributed by atoms with Crippen LogP contribution in [0, 0.1) is 18.3 Å². The van der Waals surface area contributed by atoms with Crippen LogP contribution < -0.4 is 5.32 Å². The standard InChI is InChI=1S/C21H19N3O4/c1-14-7-9-17(10-8-14)21(2)19(26)24(20(27)23-21)12-18(25)28-13-16-6-4-3-5-15(16)11-22/h3-10H,12-13H2,1-2H3,(H,23,27)/t21-/m0/s1. The van der Waals surface area contributed by atoms with Crippen LogP contribution in [0.5, 0.6) is 0 Å². The summed E-state index contributed by atoms with van der Waals surface area (Å²) < 4.78 is 5.15. The predicted molar refractivity (Wildman–Crippen MR) is 99.7 cm³/mol. The number of nitriles is 1. The van der Waals surface area contributed by atoms with Gasteiger partial charge in [-0.15, -0.1) is 0 Å². The van der Waals surface area contributed by atoms with E-state index >= 15 is 0 Å². The lowest BCUT2D eigenvalue weighted by Crippen LogP contribution is -2.41. The van der Waals surface area contributed by atoms with Crippen LogP contribution in [0.25, 0.3) is 0 Å². The van der Waals surface area contributed by atoms with E-state index in [1.54, 1.807) is 43.3 Å². The molecule has 0 aliphatic carbocycles. The second kappa shape index (κ2) is 7.53. The van der Waals surface area contributed by atoms with Crippen molar-refractivity contribution in [3.8, 4) is 6.07 Å². The van der Waals surface area contributed by atoms with E-state index in [1.165, 1.54) is 0 Å². The number of aryl methyl sites for hydroxylation is 1. The third kappa shape index (κ3) is 3.58. The van der Waals surface area contributed by atoms with Gasteiger partial charge in [0, 0.05) is 5.56 Å². The lowest BCUT2D eigenvalue weighted by Gasteiger charge is -2.22. The van der Waals surface area contributed by atoms with Gasteiger partial charge in [0.15, 0.2) is 0 Å². The Kier molecular flexibility index (Phi) is 5.14. The number of amides is 3. The minimum absolute atomic E-state index is 0.110. The Morgan fingerprint density at radius 3 is 2.54 bits per heavy atom. The van der Waals surface area contributed by atoms with Gasteiger partial charge < -0.3 is 10.1 Å². The van der Waals surface area contributed by atoms with Crippen molar-refractivity contribution in [3.05, 3.63) is 70.8 Å². The molecule has 7 nitrogen and oxygen atoms in total. The maximum atomic E-state index is 12.8. The first-order valence-corrected chi connectivity index (χ1v) is 8.70. The summed E-state index contributed by atoms with van der Waals surface area (Å²) in [4.78, 5) is 38.1. The second-order valence-electron chi connectivity index (χ2n) is 6.74. The van der Waals surface area contributed by atoms with Crippen LogP contribution >= 0.6 is 0 Å². The highest BCUT2D eigenvalue weighted by atomic mass is 16.5. The molecule has 1 atom stereocenters. The average molecular weight is 377 g/mol. The van der Waals surface area contributed by atoms with Crippen LogP contribution in [-0.2, 0) is 26.5 Å². The van der Waals surface area contributed by atoms with E-state index in [1.807, 2.05) is 25.1 Å². The van der Waals surface area contributed by atoms with Gasteiger partial charge in [-0.3, -0.25) is 14.5 Å².